The molecule has 2 aromatic carbocycles. The summed E-state index contributed by atoms with van der Waals surface area (Å²) >= 11 is 8.89. The Morgan fingerprint density at radius 2 is 1.86 bits per heavy atom. The fourth-order valence-corrected chi connectivity index (χ4v) is 4.81. The fraction of sp³-hybridized carbons (Fsp3) is 0.0952. The molecule has 0 amide bonds. The van der Waals surface area contributed by atoms with Crippen LogP contribution in [0.4, 0.5) is 0 Å². The first-order chi connectivity index (χ1) is 13.7. The minimum absolute atomic E-state index is 0.0367. The monoisotopic (exact) mass is 426 g/mol. The summed E-state index contributed by atoms with van der Waals surface area (Å²) in [7, 11) is 1.65. The van der Waals surface area contributed by atoms with Crippen molar-refractivity contribution in [3.63, 3.8) is 0 Å². The van der Waals surface area contributed by atoms with Gasteiger partial charge in [-0.25, -0.2) is 9.97 Å². The largest absolute Gasteiger partial charge is 0.497 e. The summed E-state index contributed by atoms with van der Waals surface area (Å²) in [6.45, 7) is 0. The van der Waals surface area contributed by atoms with Crippen LogP contribution in [0.25, 0.3) is 21.3 Å². The van der Waals surface area contributed by atoms with E-state index in [0.29, 0.717) is 16.3 Å². The maximum absolute atomic E-state index is 12.5. The van der Waals surface area contributed by atoms with E-state index < -0.39 is 0 Å². The third-order valence-corrected chi connectivity index (χ3v) is 6.37. The molecule has 7 heteroatoms. The lowest BCUT2D eigenvalue weighted by Gasteiger charge is -2.06. The molecule has 0 spiro atoms. The van der Waals surface area contributed by atoms with E-state index in [1.165, 1.54) is 11.8 Å². The van der Waals surface area contributed by atoms with Gasteiger partial charge < -0.3 is 4.74 Å². The van der Waals surface area contributed by atoms with Crippen LogP contribution in [0.1, 0.15) is 10.4 Å². The van der Waals surface area contributed by atoms with E-state index >= 15 is 0 Å². The second kappa shape index (κ2) is 8.31. The number of methoxy groups -OCH3 is 1. The molecule has 0 aliphatic heterocycles. The molecule has 2 aromatic heterocycles. The van der Waals surface area contributed by atoms with E-state index in [4.69, 9.17) is 16.3 Å². The van der Waals surface area contributed by atoms with Crippen molar-refractivity contribution in [2.75, 3.05) is 12.9 Å². The van der Waals surface area contributed by atoms with Gasteiger partial charge in [-0.15, -0.1) is 11.3 Å². The summed E-state index contributed by atoms with van der Waals surface area (Å²) in [6, 6.07) is 14.8. The van der Waals surface area contributed by atoms with E-state index in [1.807, 2.05) is 24.3 Å². The lowest BCUT2D eigenvalue weighted by Crippen LogP contribution is -2.02. The predicted octanol–water partition coefficient (Wildman–Crippen LogP) is 6.00. The first kappa shape index (κ1) is 18.9. The number of carbonyl (C=O) groups is 1. The maximum Gasteiger partial charge on any atom is 0.173 e. The number of hydrogen-bond acceptors (Lipinski definition) is 6. The number of rotatable bonds is 6. The topological polar surface area (TPSA) is 52.1 Å². The van der Waals surface area contributed by atoms with Gasteiger partial charge in [0, 0.05) is 21.5 Å². The zero-order valence-electron chi connectivity index (χ0n) is 14.9. The number of fused-ring (bicyclic) bond motifs is 1. The number of thioether (sulfide) groups is 1. The molecule has 0 saturated heterocycles. The van der Waals surface area contributed by atoms with Crippen LogP contribution in [-0.4, -0.2) is 28.6 Å². The Kier molecular flexibility index (Phi) is 5.62. The minimum atomic E-state index is 0.0367. The molecule has 0 saturated carbocycles. The van der Waals surface area contributed by atoms with Crippen molar-refractivity contribution in [3.8, 4) is 16.9 Å². The second-order valence-electron chi connectivity index (χ2n) is 5.96. The Morgan fingerprint density at radius 1 is 1.11 bits per heavy atom. The van der Waals surface area contributed by atoms with Gasteiger partial charge in [-0.3, -0.25) is 4.79 Å². The second-order valence-corrected chi connectivity index (χ2v) is 8.21. The molecule has 0 N–H and O–H groups in total. The highest BCUT2D eigenvalue weighted by molar-refractivity contribution is 8.00. The highest BCUT2D eigenvalue weighted by atomic mass is 35.5. The van der Waals surface area contributed by atoms with Crippen LogP contribution < -0.4 is 4.74 Å². The predicted molar refractivity (Wildman–Crippen MR) is 116 cm³/mol. The number of ketones is 1. The van der Waals surface area contributed by atoms with Gasteiger partial charge in [-0.1, -0.05) is 35.5 Å². The molecule has 140 valence electrons. The first-order valence-electron chi connectivity index (χ1n) is 8.44. The van der Waals surface area contributed by atoms with Gasteiger partial charge in [0.2, 0.25) is 0 Å². The van der Waals surface area contributed by atoms with E-state index in [9.17, 15) is 4.79 Å². The molecular formula is C21H15ClN2O2S2. The van der Waals surface area contributed by atoms with E-state index in [1.54, 1.807) is 49.0 Å². The minimum Gasteiger partial charge on any atom is -0.497 e. The van der Waals surface area contributed by atoms with Crippen molar-refractivity contribution < 1.29 is 9.53 Å². The number of Topliss-reactive ketones (excluding diaryl/α,β-unsaturated/α-hetero) is 1. The number of halogens is 1. The Labute approximate surface area is 175 Å². The summed E-state index contributed by atoms with van der Waals surface area (Å²) in [5.41, 5.74) is 2.76. The van der Waals surface area contributed by atoms with Gasteiger partial charge in [-0.2, -0.15) is 0 Å². The molecule has 2 heterocycles. The molecule has 4 rings (SSSR count). The Bertz CT molecular complexity index is 1130. The van der Waals surface area contributed by atoms with E-state index in [-0.39, 0.29) is 5.78 Å². The van der Waals surface area contributed by atoms with Gasteiger partial charge in [0.15, 0.2) is 5.78 Å². The van der Waals surface area contributed by atoms with Crippen LogP contribution in [0, 0.1) is 0 Å². The normalized spacial score (nSPS) is 10.9. The highest BCUT2D eigenvalue weighted by Crippen LogP contribution is 2.38. The number of carbonyl (C=O) groups excluding carboxylic acids is 1. The van der Waals surface area contributed by atoms with Gasteiger partial charge in [0.05, 0.1) is 18.2 Å². The van der Waals surface area contributed by atoms with Gasteiger partial charge in [0.25, 0.3) is 0 Å². The van der Waals surface area contributed by atoms with Gasteiger partial charge >= 0.3 is 0 Å². The molecule has 0 bridgehead atoms. The summed E-state index contributed by atoms with van der Waals surface area (Å²) in [5.74, 6) is 1.14. The average Bonchev–Trinajstić information content (AvgIpc) is 3.17. The lowest BCUT2D eigenvalue weighted by molar-refractivity contribution is 0.102. The summed E-state index contributed by atoms with van der Waals surface area (Å²) in [5, 5.41) is 4.47. The molecule has 0 atom stereocenters. The van der Waals surface area contributed by atoms with Gasteiger partial charge in [0.1, 0.15) is 21.9 Å². The molecule has 0 aliphatic carbocycles. The summed E-state index contributed by atoms with van der Waals surface area (Å²) in [6.07, 6.45) is 1.55. The molecule has 4 nitrogen and oxygen atoms in total. The third kappa shape index (κ3) is 3.90. The number of nitrogens with zero attached hydrogens (tertiary/aromatic N) is 2. The SMILES string of the molecule is COc1ccc(-c2csc3ncnc(SCC(=O)c4ccc(Cl)cc4)c23)cc1. The molecule has 0 aliphatic rings. The Morgan fingerprint density at radius 3 is 2.57 bits per heavy atom. The van der Waals surface area contributed by atoms with Crippen molar-refractivity contribution in [2.24, 2.45) is 0 Å². The number of ether oxygens (including phenoxy) is 1. The molecule has 0 radical (unpaired) electrons. The number of hydrogen-bond donors (Lipinski definition) is 0. The van der Waals surface area contributed by atoms with Crippen molar-refractivity contribution in [1.82, 2.24) is 9.97 Å². The Hall–Kier alpha value is -2.41. The van der Waals surface area contributed by atoms with Gasteiger partial charge in [-0.05, 0) is 42.0 Å². The van der Waals surface area contributed by atoms with E-state index in [0.717, 1.165) is 32.1 Å². The number of thiophene rings is 1. The van der Waals surface area contributed by atoms with Crippen LogP contribution in [0.15, 0.2) is 65.3 Å². The standard InChI is InChI=1S/C21H15ClN2O2S2/c1-26-16-8-4-13(5-9-16)17-10-27-20-19(17)21(24-12-23-20)28-11-18(25)14-2-6-15(22)7-3-14/h2-10,12H,11H2,1H3. The lowest BCUT2D eigenvalue weighted by atomic mass is 10.1. The Balaban J connectivity index is 1.62. The van der Waals surface area contributed by atoms with Crippen LogP contribution in [0.3, 0.4) is 0 Å². The third-order valence-electron chi connectivity index (χ3n) is 4.24. The zero-order valence-corrected chi connectivity index (χ0v) is 17.3. The van der Waals surface area contributed by atoms with Crippen LogP contribution >= 0.6 is 34.7 Å². The molecule has 4 aromatic rings. The number of aromatic nitrogens is 2. The molecule has 0 unspecified atom stereocenters. The molecule has 28 heavy (non-hydrogen) atoms. The van der Waals surface area contributed by atoms with E-state index in [2.05, 4.69) is 15.3 Å². The fourth-order valence-electron chi connectivity index (χ4n) is 2.79. The first-order valence-corrected chi connectivity index (χ1v) is 10.7. The zero-order chi connectivity index (χ0) is 19.5. The van der Waals surface area contributed by atoms with Crippen molar-refractivity contribution in [3.05, 3.63) is 70.8 Å². The summed E-state index contributed by atoms with van der Waals surface area (Å²) < 4.78 is 5.24. The molecular weight excluding hydrogens is 412 g/mol. The van der Waals surface area contributed by atoms with Crippen LogP contribution in [0.5, 0.6) is 5.75 Å². The maximum atomic E-state index is 12.5. The quantitative estimate of drug-likeness (QED) is 0.215. The van der Waals surface area contributed by atoms with Crippen molar-refractivity contribution >= 4 is 50.7 Å². The average molecular weight is 427 g/mol. The number of benzene rings is 2. The summed E-state index contributed by atoms with van der Waals surface area (Å²) in [4.78, 5) is 22.2. The van der Waals surface area contributed by atoms with Crippen LogP contribution in [0.2, 0.25) is 5.02 Å². The molecule has 0 fully saturated rings. The van der Waals surface area contributed by atoms with Crippen molar-refractivity contribution in [2.45, 2.75) is 5.03 Å². The smallest absolute Gasteiger partial charge is 0.173 e. The van der Waals surface area contributed by atoms with Crippen LogP contribution in [-0.2, 0) is 0 Å². The highest BCUT2D eigenvalue weighted by Gasteiger charge is 2.15. The van der Waals surface area contributed by atoms with Crippen molar-refractivity contribution in [1.29, 1.82) is 0 Å².